The first kappa shape index (κ1) is 9.77. The first-order valence-electron chi connectivity index (χ1n) is 6.05. The van der Waals surface area contributed by atoms with Crippen LogP contribution in [-0.2, 0) is 16.0 Å². The molecule has 4 rings (SSSR count). The molecule has 0 radical (unpaired) electrons. The minimum atomic E-state index is -0.261. The molecule has 0 heterocycles. The van der Waals surface area contributed by atoms with E-state index >= 15 is 0 Å². The number of allylic oxidation sites excluding steroid dienone is 5. The van der Waals surface area contributed by atoms with E-state index in [0.29, 0.717) is 6.42 Å². The van der Waals surface area contributed by atoms with E-state index in [2.05, 4.69) is 0 Å². The fourth-order valence-electron chi connectivity index (χ4n) is 3.10. The standard InChI is InChI=1S/C16H10O2/c17-13-7-6-12-14(18)8-10-3-1-2-9-4-5-11(13)16(12)15(9)10/h1-7,11H,8H2. The molecule has 1 aromatic carbocycles. The van der Waals surface area contributed by atoms with E-state index in [4.69, 9.17) is 0 Å². The maximum Gasteiger partial charge on any atom is 0.167 e. The van der Waals surface area contributed by atoms with Gasteiger partial charge in [-0.05, 0) is 34.4 Å². The number of benzene rings is 1. The van der Waals surface area contributed by atoms with Gasteiger partial charge in [0.1, 0.15) is 0 Å². The molecule has 1 atom stereocenters. The molecule has 0 saturated carbocycles. The molecule has 86 valence electrons. The Morgan fingerprint density at radius 3 is 2.83 bits per heavy atom. The number of rotatable bonds is 0. The molecule has 0 spiro atoms. The van der Waals surface area contributed by atoms with Gasteiger partial charge in [0.05, 0.1) is 5.92 Å². The Balaban J connectivity index is 2.14. The monoisotopic (exact) mass is 234 g/mol. The van der Waals surface area contributed by atoms with E-state index in [0.717, 1.165) is 27.8 Å². The lowest BCUT2D eigenvalue weighted by molar-refractivity contribution is -0.115. The largest absolute Gasteiger partial charge is 0.294 e. The van der Waals surface area contributed by atoms with Crippen molar-refractivity contribution < 1.29 is 9.59 Å². The molecular weight excluding hydrogens is 224 g/mol. The lowest BCUT2D eigenvalue weighted by Gasteiger charge is -2.31. The minimum absolute atomic E-state index is 0.0696. The van der Waals surface area contributed by atoms with Crippen molar-refractivity contribution in [2.75, 3.05) is 0 Å². The lowest BCUT2D eigenvalue weighted by atomic mass is 9.71. The quantitative estimate of drug-likeness (QED) is 0.690. The molecule has 0 fully saturated rings. The summed E-state index contributed by atoms with van der Waals surface area (Å²) >= 11 is 0. The molecule has 2 heteroatoms. The SMILES string of the molecule is O=C1Cc2cccc3c2C2=C1C=CC(=O)C2C=C3. The van der Waals surface area contributed by atoms with Gasteiger partial charge in [-0.1, -0.05) is 30.4 Å². The summed E-state index contributed by atoms with van der Waals surface area (Å²) in [7, 11) is 0. The van der Waals surface area contributed by atoms with Crippen molar-refractivity contribution in [1.29, 1.82) is 0 Å². The molecule has 0 N–H and O–H groups in total. The predicted molar refractivity (Wildman–Crippen MR) is 68.7 cm³/mol. The first-order chi connectivity index (χ1) is 8.75. The van der Waals surface area contributed by atoms with Gasteiger partial charge >= 0.3 is 0 Å². The average Bonchev–Trinajstić information content (AvgIpc) is 2.38. The zero-order valence-corrected chi connectivity index (χ0v) is 9.64. The van der Waals surface area contributed by atoms with Crippen molar-refractivity contribution in [3.8, 4) is 0 Å². The molecule has 3 aliphatic carbocycles. The molecule has 18 heavy (non-hydrogen) atoms. The minimum Gasteiger partial charge on any atom is -0.294 e. The second-order valence-corrected chi connectivity index (χ2v) is 4.88. The van der Waals surface area contributed by atoms with E-state index < -0.39 is 0 Å². The van der Waals surface area contributed by atoms with Crippen molar-refractivity contribution in [2.45, 2.75) is 6.42 Å². The molecule has 2 nitrogen and oxygen atoms in total. The Morgan fingerprint density at radius 1 is 1.06 bits per heavy atom. The maximum absolute atomic E-state index is 12.1. The van der Waals surface area contributed by atoms with E-state index in [1.54, 1.807) is 6.08 Å². The van der Waals surface area contributed by atoms with Crippen LogP contribution in [0.15, 0.2) is 42.0 Å². The van der Waals surface area contributed by atoms with Crippen LogP contribution >= 0.6 is 0 Å². The van der Waals surface area contributed by atoms with Gasteiger partial charge in [-0.25, -0.2) is 0 Å². The van der Waals surface area contributed by atoms with Crippen molar-refractivity contribution in [3.05, 3.63) is 58.7 Å². The van der Waals surface area contributed by atoms with E-state index in [1.807, 2.05) is 30.4 Å². The van der Waals surface area contributed by atoms with Gasteiger partial charge in [0.15, 0.2) is 11.6 Å². The average molecular weight is 234 g/mol. The zero-order valence-electron chi connectivity index (χ0n) is 9.64. The van der Waals surface area contributed by atoms with Crippen molar-refractivity contribution in [3.63, 3.8) is 0 Å². The number of ketones is 2. The summed E-state index contributed by atoms with van der Waals surface area (Å²) in [6.45, 7) is 0. The van der Waals surface area contributed by atoms with Gasteiger partial charge in [0, 0.05) is 12.0 Å². The van der Waals surface area contributed by atoms with Crippen LogP contribution in [-0.4, -0.2) is 11.6 Å². The fourth-order valence-corrected chi connectivity index (χ4v) is 3.10. The van der Waals surface area contributed by atoms with Crippen LogP contribution in [0.25, 0.3) is 11.6 Å². The molecule has 0 aromatic heterocycles. The molecule has 1 unspecified atom stereocenters. The highest BCUT2D eigenvalue weighted by Crippen LogP contribution is 2.43. The summed E-state index contributed by atoms with van der Waals surface area (Å²) in [4.78, 5) is 24.1. The predicted octanol–water partition coefficient (Wildman–Crippen LogP) is 2.35. The number of hydrogen-bond donors (Lipinski definition) is 0. The smallest absolute Gasteiger partial charge is 0.167 e. The number of Topliss-reactive ketones (excluding diaryl/α,β-unsaturated/α-hetero) is 1. The van der Waals surface area contributed by atoms with Crippen LogP contribution in [0.2, 0.25) is 0 Å². The first-order valence-corrected chi connectivity index (χ1v) is 6.05. The van der Waals surface area contributed by atoms with E-state index in [9.17, 15) is 9.59 Å². The Morgan fingerprint density at radius 2 is 1.94 bits per heavy atom. The molecule has 1 aromatic rings. The molecule has 0 amide bonds. The van der Waals surface area contributed by atoms with Gasteiger partial charge in [0.25, 0.3) is 0 Å². The Kier molecular flexibility index (Phi) is 1.72. The fraction of sp³-hybridized carbons (Fsp3) is 0.125. The molecule has 0 aliphatic heterocycles. The third-order valence-corrected chi connectivity index (χ3v) is 3.89. The van der Waals surface area contributed by atoms with Crippen LogP contribution in [0.5, 0.6) is 0 Å². The number of carbonyl (C=O) groups is 2. The summed E-state index contributed by atoms with van der Waals surface area (Å²) in [6.07, 6.45) is 7.57. The van der Waals surface area contributed by atoms with Gasteiger partial charge in [-0.2, -0.15) is 0 Å². The molecule has 0 bridgehead atoms. The zero-order chi connectivity index (χ0) is 12.3. The van der Waals surface area contributed by atoms with E-state index in [1.165, 1.54) is 6.08 Å². The highest BCUT2D eigenvalue weighted by atomic mass is 16.1. The highest BCUT2D eigenvalue weighted by molar-refractivity contribution is 6.19. The number of hydrogen-bond acceptors (Lipinski definition) is 2. The van der Waals surface area contributed by atoms with Crippen LogP contribution < -0.4 is 0 Å². The van der Waals surface area contributed by atoms with Crippen LogP contribution in [0.4, 0.5) is 0 Å². The van der Waals surface area contributed by atoms with Crippen LogP contribution in [0.3, 0.4) is 0 Å². The molecule has 0 saturated heterocycles. The summed E-state index contributed by atoms with van der Waals surface area (Å²) in [5.74, 6) is -0.0678. The second kappa shape index (κ2) is 3.16. The maximum atomic E-state index is 12.1. The lowest BCUT2D eigenvalue weighted by Crippen LogP contribution is -2.27. The van der Waals surface area contributed by atoms with Crippen molar-refractivity contribution in [1.82, 2.24) is 0 Å². The van der Waals surface area contributed by atoms with Crippen molar-refractivity contribution >= 4 is 23.2 Å². The Hall–Kier alpha value is -2.22. The summed E-state index contributed by atoms with van der Waals surface area (Å²) in [5, 5.41) is 0. The summed E-state index contributed by atoms with van der Waals surface area (Å²) in [5.41, 5.74) is 4.92. The second-order valence-electron chi connectivity index (χ2n) is 4.88. The van der Waals surface area contributed by atoms with E-state index in [-0.39, 0.29) is 17.5 Å². The Bertz CT molecular complexity index is 702. The number of carbonyl (C=O) groups excluding carboxylic acids is 2. The van der Waals surface area contributed by atoms with Gasteiger partial charge < -0.3 is 0 Å². The normalized spacial score (nSPS) is 23.4. The van der Waals surface area contributed by atoms with Crippen LogP contribution in [0, 0.1) is 5.92 Å². The molecular formula is C16H10O2. The molecule has 3 aliphatic rings. The van der Waals surface area contributed by atoms with Gasteiger partial charge in [-0.3, -0.25) is 9.59 Å². The van der Waals surface area contributed by atoms with Crippen LogP contribution in [0.1, 0.15) is 16.7 Å². The van der Waals surface area contributed by atoms with Crippen molar-refractivity contribution in [2.24, 2.45) is 5.92 Å². The Labute approximate surface area is 104 Å². The van der Waals surface area contributed by atoms with Gasteiger partial charge in [0.2, 0.25) is 0 Å². The third kappa shape index (κ3) is 1.07. The topological polar surface area (TPSA) is 34.1 Å². The third-order valence-electron chi connectivity index (χ3n) is 3.89. The van der Waals surface area contributed by atoms with Gasteiger partial charge in [-0.15, -0.1) is 0 Å². The highest BCUT2D eigenvalue weighted by Gasteiger charge is 2.35. The summed E-state index contributed by atoms with van der Waals surface area (Å²) < 4.78 is 0. The summed E-state index contributed by atoms with van der Waals surface area (Å²) in [6, 6.07) is 5.99.